The Morgan fingerprint density at radius 1 is 1.09 bits per heavy atom. The number of nitrogens with zero attached hydrogens (tertiary/aromatic N) is 2. The van der Waals surface area contributed by atoms with Crippen LogP contribution in [0.3, 0.4) is 0 Å². The van der Waals surface area contributed by atoms with Crippen LogP contribution in [0.2, 0.25) is 0 Å². The smallest absolute Gasteiger partial charge is 0.395 e. The highest BCUT2D eigenvalue weighted by Gasteiger charge is 2.44. The number of pyridine rings is 1. The number of hydrogen-bond donors (Lipinski definition) is 1. The Kier molecular flexibility index (Phi) is 5.05. The van der Waals surface area contributed by atoms with Crippen molar-refractivity contribution in [2.24, 2.45) is 0 Å². The van der Waals surface area contributed by atoms with Gasteiger partial charge in [0, 0.05) is 18.3 Å². The predicted octanol–water partition coefficient (Wildman–Crippen LogP) is 4.81. The Hall–Kier alpha value is -4.01. The summed E-state index contributed by atoms with van der Waals surface area (Å²) in [4.78, 5) is 31.5. The van der Waals surface area contributed by atoms with Crippen LogP contribution in [0.15, 0.2) is 48.5 Å². The number of rotatable bonds is 4. The van der Waals surface area contributed by atoms with Crippen LogP contribution in [0.4, 0.5) is 20.3 Å². The lowest BCUT2D eigenvalue weighted by Crippen LogP contribution is -2.35. The Balaban J connectivity index is 1.40. The molecule has 0 atom stereocenters. The van der Waals surface area contributed by atoms with Gasteiger partial charge in [0.25, 0.3) is 0 Å². The topological polar surface area (TPSA) is 80.8 Å². The molecule has 0 unspecified atom stereocenters. The molecule has 3 heterocycles. The fraction of sp³-hybridized carbons (Fsp3) is 0.269. The maximum atomic E-state index is 13.4. The Morgan fingerprint density at radius 3 is 2.60 bits per heavy atom. The lowest BCUT2D eigenvalue weighted by molar-refractivity contribution is -0.286. The molecule has 0 saturated heterocycles. The number of halogens is 2. The van der Waals surface area contributed by atoms with Gasteiger partial charge in [0.1, 0.15) is 5.82 Å². The number of aromatic nitrogens is 1. The van der Waals surface area contributed by atoms with Gasteiger partial charge in [0.15, 0.2) is 11.5 Å². The van der Waals surface area contributed by atoms with Gasteiger partial charge in [-0.25, -0.2) is 4.98 Å². The van der Waals surface area contributed by atoms with Crippen LogP contribution >= 0.6 is 0 Å². The number of benzene rings is 2. The molecule has 2 aromatic carbocycles. The molecule has 2 aliphatic rings. The van der Waals surface area contributed by atoms with E-state index in [4.69, 9.17) is 0 Å². The van der Waals surface area contributed by atoms with Crippen molar-refractivity contribution >= 4 is 23.3 Å². The second kappa shape index (κ2) is 7.76. The van der Waals surface area contributed by atoms with Crippen LogP contribution in [-0.4, -0.2) is 30.1 Å². The minimum atomic E-state index is -3.73. The minimum Gasteiger partial charge on any atom is -0.395 e. The summed E-state index contributed by atoms with van der Waals surface area (Å²) in [6.07, 6.45) is -3.35. The number of alkyl halides is 2. The lowest BCUT2D eigenvalue weighted by atomic mass is 9.83. The van der Waals surface area contributed by atoms with E-state index in [1.807, 2.05) is 31.2 Å². The van der Waals surface area contributed by atoms with Crippen LogP contribution in [0, 0.1) is 6.92 Å². The van der Waals surface area contributed by atoms with E-state index in [1.54, 1.807) is 37.9 Å². The number of aryl methyl sites for hydroxylation is 1. The Morgan fingerprint density at radius 2 is 1.83 bits per heavy atom. The van der Waals surface area contributed by atoms with Gasteiger partial charge in [-0.15, -0.1) is 8.78 Å². The summed E-state index contributed by atoms with van der Waals surface area (Å²) in [5.74, 6) is -0.186. The average molecular weight is 479 g/mol. The van der Waals surface area contributed by atoms with Gasteiger partial charge in [-0.3, -0.25) is 9.59 Å². The van der Waals surface area contributed by atoms with Crippen LogP contribution < -0.4 is 19.7 Å². The summed E-state index contributed by atoms with van der Waals surface area (Å²) in [7, 11) is 1.74. The Bertz CT molecular complexity index is 1390. The van der Waals surface area contributed by atoms with Crippen molar-refractivity contribution in [2.45, 2.75) is 38.9 Å². The zero-order valence-corrected chi connectivity index (χ0v) is 19.6. The number of fused-ring (bicyclic) bond motifs is 2. The van der Waals surface area contributed by atoms with E-state index in [0.717, 1.165) is 22.4 Å². The third kappa shape index (κ3) is 3.96. The number of likely N-dealkylation sites (N-methyl/N-ethyl adjacent to an activating group) is 1. The molecule has 0 aliphatic carbocycles. The molecular weight excluding hydrogens is 456 g/mol. The molecule has 1 aromatic heterocycles. The molecule has 0 saturated carbocycles. The van der Waals surface area contributed by atoms with Gasteiger partial charge in [-0.05, 0) is 61.7 Å². The largest absolute Gasteiger partial charge is 0.586 e. The Labute approximate surface area is 200 Å². The summed E-state index contributed by atoms with van der Waals surface area (Å²) < 4.78 is 35.7. The van der Waals surface area contributed by atoms with Crippen LogP contribution in [0.5, 0.6) is 11.5 Å². The summed E-state index contributed by atoms with van der Waals surface area (Å²) >= 11 is 0. The molecule has 180 valence electrons. The number of ether oxygens (including phenoxy) is 2. The van der Waals surface area contributed by atoms with Crippen molar-refractivity contribution in [3.63, 3.8) is 0 Å². The third-order valence-corrected chi connectivity index (χ3v) is 6.47. The van der Waals surface area contributed by atoms with Crippen LogP contribution in [0.25, 0.3) is 11.3 Å². The van der Waals surface area contributed by atoms with E-state index in [2.05, 4.69) is 19.8 Å². The minimum absolute atomic E-state index is 0.0392. The van der Waals surface area contributed by atoms with E-state index >= 15 is 0 Å². The molecular formula is C26H23F2N3O4. The molecule has 1 N–H and O–H groups in total. The maximum absolute atomic E-state index is 13.4. The molecule has 35 heavy (non-hydrogen) atoms. The molecule has 9 heteroatoms. The van der Waals surface area contributed by atoms with Crippen molar-refractivity contribution in [3.8, 4) is 22.8 Å². The predicted molar refractivity (Wildman–Crippen MR) is 126 cm³/mol. The first-order chi connectivity index (χ1) is 16.4. The number of hydrogen-bond acceptors (Lipinski definition) is 5. The highest BCUT2D eigenvalue weighted by molar-refractivity contribution is 6.02. The van der Waals surface area contributed by atoms with E-state index in [-0.39, 0.29) is 23.3 Å². The number of nitrogens with one attached hydrogen (secondary N) is 1. The van der Waals surface area contributed by atoms with Gasteiger partial charge in [0.05, 0.1) is 17.5 Å². The highest BCUT2D eigenvalue weighted by atomic mass is 19.3. The fourth-order valence-corrected chi connectivity index (χ4v) is 4.22. The zero-order chi connectivity index (χ0) is 25.1. The van der Waals surface area contributed by atoms with Crippen LogP contribution in [-0.2, 0) is 21.4 Å². The van der Waals surface area contributed by atoms with E-state index in [9.17, 15) is 18.4 Å². The second-order valence-electron chi connectivity index (χ2n) is 9.24. The molecule has 5 rings (SSSR count). The van der Waals surface area contributed by atoms with Crippen molar-refractivity contribution < 1.29 is 27.8 Å². The highest BCUT2D eigenvalue weighted by Crippen LogP contribution is 2.43. The average Bonchev–Trinajstić information content (AvgIpc) is 3.27. The van der Waals surface area contributed by atoms with Crippen molar-refractivity contribution in [2.75, 3.05) is 17.3 Å². The molecule has 7 nitrogen and oxygen atoms in total. The molecule has 2 aliphatic heterocycles. The number of carbonyl (C=O) groups excluding carboxylic acids is 2. The molecule has 3 aromatic rings. The standard InChI is InChI=1S/C26H23F2N3O4/c1-14-5-10-21(29-23(14)16-7-6-15-12-22(32)31(4)18(15)11-16)30-24(33)25(2,3)17-8-9-19-20(13-17)35-26(27,28)34-19/h5-11,13H,12H2,1-4H3,(H,29,30,33). The fourth-order valence-electron chi connectivity index (χ4n) is 4.22. The molecule has 0 bridgehead atoms. The molecule has 0 fully saturated rings. The van der Waals surface area contributed by atoms with Gasteiger partial charge < -0.3 is 19.7 Å². The van der Waals surface area contributed by atoms with Gasteiger partial charge in [0.2, 0.25) is 11.8 Å². The van der Waals surface area contributed by atoms with E-state index in [0.29, 0.717) is 23.5 Å². The van der Waals surface area contributed by atoms with Gasteiger partial charge in [-0.1, -0.05) is 24.3 Å². The summed E-state index contributed by atoms with van der Waals surface area (Å²) in [5.41, 5.74) is 3.62. The number of anilines is 2. The van der Waals surface area contributed by atoms with E-state index in [1.165, 1.54) is 12.1 Å². The van der Waals surface area contributed by atoms with Gasteiger partial charge in [-0.2, -0.15) is 0 Å². The SMILES string of the molecule is Cc1ccc(NC(=O)C(C)(C)c2ccc3c(c2)OC(F)(F)O3)nc1-c1ccc2c(c1)N(C)C(=O)C2. The lowest BCUT2D eigenvalue weighted by Gasteiger charge is -2.24. The van der Waals surface area contributed by atoms with Crippen molar-refractivity contribution in [1.29, 1.82) is 0 Å². The molecule has 2 amide bonds. The molecule has 0 spiro atoms. The van der Waals surface area contributed by atoms with Crippen LogP contribution in [0.1, 0.15) is 30.5 Å². The third-order valence-electron chi connectivity index (χ3n) is 6.47. The summed E-state index contributed by atoms with van der Waals surface area (Å²) in [6, 6.07) is 13.6. The second-order valence-corrected chi connectivity index (χ2v) is 9.24. The van der Waals surface area contributed by atoms with Crippen molar-refractivity contribution in [3.05, 3.63) is 65.2 Å². The normalized spacial score (nSPS) is 15.8. The number of carbonyl (C=O) groups is 2. The van der Waals surface area contributed by atoms with Gasteiger partial charge >= 0.3 is 6.29 Å². The number of amides is 2. The monoisotopic (exact) mass is 479 g/mol. The first kappa shape index (κ1) is 22.8. The maximum Gasteiger partial charge on any atom is 0.586 e. The van der Waals surface area contributed by atoms with E-state index < -0.39 is 11.7 Å². The van der Waals surface area contributed by atoms with Crippen molar-refractivity contribution in [1.82, 2.24) is 4.98 Å². The summed E-state index contributed by atoms with van der Waals surface area (Å²) in [6.45, 7) is 5.28. The molecule has 0 radical (unpaired) electrons. The summed E-state index contributed by atoms with van der Waals surface area (Å²) in [5, 5.41) is 2.84. The first-order valence-corrected chi connectivity index (χ1v) is 11.0. The zero-order valence-electron chi connectivity index (χ0n) is 19.6. The quantitative estimate of drug-likeness (QED) is 0.581. The first-order valence-electron chi connectivity index (χ1n) is 11.0.